The van der Waals surface area contributed by atoms with Crippen LogP contribution in [0.3, 0.4) is 0 Å². The second kappa shape index (κ2) is 43.5. The van der Waals surface area contributed by atoms with Crippen molar-refractivity contribution in [1.29, 1.82) is 0 Å². The number of rotatable bonds is 47. The summed E-state index contributed by atoms with van der Waals surface area (Å²) >= 11 is 0. The molecular weight excluding hydrogens is 758 g/mol. The van der Waals surface area contributed by atoms with Crippen molar-refractivity contribution in [2.24, 2.45) is 0 Å². The molecule has 0 saturated carbocycles. The van der Waals surface area contributed by atoms with Gasteiger partial charge in [-0.05, 0) is 51.0 Å². The van der Waals surface area contributed by atoms with E-state index in [0.29, 0.717) is 17.4 Å². The van der Waals surface area contributed by atoms with Gasteiger partial charge in [0.15, 0.2) is 6.10 Å². The second-order valence-corrected chi connectivity index (χ2v) is 19.7. The van der Waals surface area contributed by atoms with Gasteiger partial charge in [0.1, 0.15) is 19.8 Å². The van der Waals surface area contributed by atoms with Crippen LogP contribution in [-0.2, 0) is 27.9 Å². The quantitative estimate of drug-likeness (QED) is 0.0163. The highest BCUT2D eigenvalue weighted by atomic mass is 31.2. The van der Waals surface area contributed by atoms with Crippen LogP contribution in [0.4, 0.5) is 0 Å². The van der Waals surface area contributed by atoms with E-state index in [4.69, 9.17) is 18.5 Å². The van der Waals surface area contributed by atoms with Gasteiger partial charge in [0.05, 0.1) is 34.0 Å². The minimum atomic E-state index is -4.29. The summed E-state index contributed by atoms with van der Waals surface area (Å²) < 4.78 is 34.9. The Balaban J connectivity index is 4.16. The van der Waals surface area contributed by atoms with Gasteiger partial charge in [-0.1, -0.05) is 199 Å². The fourth-order valence-electron chi connectivity index (χ4n) is 7.16. The number of likely N-dealkylation sites (N-methyl/N-ethyl adjacent to an activating group) is 1. The van der Waals surface area contributed by atoms with E-state index in [1.54, 1.807) is 6.26 Å². The molecule has 0 spiro atoms. The molecule has 0 amide bonds. The molecule has 8 nitrogen and oxygen atoms in total. The lowest BCUT2D eigenvalue weighted by Gasteiger charge is -2.24. The Bertz CT molecular complexity index is 998. The predicted molar refractivity (Wildman–Crippen MR) is 252 cm³/mol. The first-order valence-corrected chi connectivity index (χ1v) is 26.6. The third-order valence-corrected chi connectivity index (χ3v) is 12.1. The largest absolute Gasteiger partial charge is 0.498 e. The van der Waals surface area contributed by atoms with Gasteiger partial charge >= 0.3 is 13.8 Å². The van der Waals surface area contributed by atoms with Crippen LogP contribution in [-0.4, -0.2) is 69.0 Å². The van der Waals surface area contributed by atoms with Gasteiger partial charge in [-0.2, -0.15) is 0 Å². The first-order valence-electron chi connectivity index (χ1n) is 25.1. The Morgan fingerprint density at radius 1 is 0.525 bits per heavy atom. The van der Waals surface area contributed by atoms with Crippen molar-refractivity contribution in [2.75, 3.05) is 47.5 Å². The van der Waals surface area contributed by atoms with Crippen LogP contribution in [0.15, 0.2) is 24.5 Å². The second-order valence-electron chi connectivity index (χ2n) is 18.3. The number of ether oxygens (including phenoxy) is 2. The molecule has 0 aliphatic carbocycles. The number of unbranched alkanes of at least 4 members (excludes halogenated alkanes) is 31. The van der Waals surface area contributed by atoms with Gasteiger partial charge in [-0.15, -0.1) is 0 Å². The summed E-state index contributed by atoms with van der Waals surface area (Å²) in [4.78, 5) is 23.0. The van der Waals surface area contributed by atoms with E-state index < -0.39 is 13.9 Å². The van der Waals surface area contributed by atoms with E-state index in [2.05, 4.69) is 26.0 Å². The van der Waals surface area contributed by atoms with Gasteiger partial charge in [0, 0.05) is 6.42 Å². The highest BCUT2D eigenvalue weighted by molar-refractivity contribution is 7.47. The van der Waals surface area contributed by atoms with Gasteiger partial charge < -0.3 is 18.9 Å². The number of esters is 1. The smallest absolute Gasteiger partial charge is 0.472 e. The number of allylic oxidation sites excluding steroid dienone is 3. The van der Waals surface area contributed by atoms with Crippen molar-refractivity contribution in [3.8, 4) is 0 Å². The molecular formula is C50H99NO7P+. The number of carbonyl (C=O) groups is 1. The molecule has 1 N–H and O–H groups in total. The zero-order chi connectivity index (χ0) is 43.4. The minimum absolute atomic E-state index is 0.0518. The number of hydrogen-bond donors (Lipinski definition) is 1. The van der Waals surface area contributed by atoms with Crippen LogP contribution in [0.25, 0.3) is 0 Å². The van der Waals surface area contributed by atoms with Crippen LogP contribution in [0.2, 0.25) is 0 Å². The summed E-state index contributed by atoms with van der Waals surface area (Å²) in [6, 6.07) is 0. The van der Waals surface area contributed by atoms with Crippen molar-refractivity contribution < 1.29 is 37.3 Å². The average Bonchev–Trinajstić information content (AvgIpc) is 3.19. The van der Waals surface area contributed by atoms with Crippen LogP contribution in [0.5, 0.6) is 0 Å². The highest BCUT2D eigenvalue weighted by Crippen LogP contribution is 2.43. The first-order chi connectivity index (χ1) is 28.6. The summed E-state index contributed by atoms with van der Waals surface area (Å²) in [6.45, 7) is 4.96. The maximum Gasteiger partial charge on any atom is 0.472 e. The lowest BCUT2D eigenvalue weighted by atomic mass is 10.0. The van der Waals surface area contributed by atoms with Gasteiger partial charge in [0.2, 0.25) is 0 Å². The summed E-state index contributed by atoms with van der Waals surface area (Å²) in [5.41, 5.74) is 0. The van der Waals surface area contributed by atoms with Crippen molar-refractivity contribution in [2.45, 2.75) is 245 Å². The Hall–Kier alpha value is -1.18. The number of carbonyl (C=O) groups excluding carboxylic acids is 1. The summed E-state index contributed by atoms with van der Waals surface area (Å²) in [5, 5.41) is 0. The third kappa shape index (κ3) is 47.7. The molecule has 0 aromatic carbocycles. The fraction of sp³-hybridized carbons (Fsp3) is 0.900. The average molecular weight is 857 g/mol. The standard InChI is InChI=1S/C50H98NO7P/c1-6-8-10-12-14-16-18-20-22-24-25-26-27-28-29-31-33-35-37-39-41-43-50(52)58-49(48-57-59(53,54)56-46-44-51(3,4)5)47-55-45-42-40-38-36-34-32-30-23-21-19-17-15-13-11-9-7-2/h20,22,42,45,49H,6-19,21,23-41,43-44,46-48H2,1-5H3/p+1/b22-20+,45-42+/t49-/m1/s1. The molecule has 0 fully saturated rings. The van der Waals surface area contributed by atoms with E-state index >= 15 is 0 Å². The Kier molecular flexibility index (Phi) is 42.6. The van der Waals surface area contributed by atoms with E-state index in [0.717, 1.165) is 32.1 Å². The zero-order valence-corrected chi connectivity index (χ0v) is 40.6. The molecule has 350 valence electrons. The minimum Gasteiger partial charge on any atom is -0.498 e. The molecule has 0 aliphatic rings. The molecule has 9 heteroatoms. The Morgan fingerprint density at radius 3 is 1.31 bits per heavy atom. The molecule has 0 heterocycles. The normalized spacial score (nSPS) is 13.7. The van der Waals surface area contributed by atoms with Gasteiger partial charge in [-0.3, -0.25) is 13.8 Å². The Labute approximate surface area is 366 Å². The molecule has 1 unspecified atom stereocenters. The monoisotopic (exact) mass is 857 g/mol. The molecule has 0 aliphatic heterocycles. The number of phosphoric acid groups is 1. The first kappa shape index (κ1) is 57.8. The van der Waals surface area contributed by atoms with Crippen LogP contribution in [0, 0.1) is 0 Å². The lowest BCUT2D eigenvalue weighted by Crippen LogP contribution is -2.37. The van der Waals surface area contributed by atoms with Crippen molar-refractivity contribution in [3.63, 3.8) is 0 Å². The SMILES string of the molecule is CCCCCCCC/C=C/CCCCCCCCCCCCCC(=O)O[C@H](CO/C=C/CCCCCCCCCCCCCCCC)COP(=O)(O)OCC[N+](C)(C)C. The van der Waals surface area contributed by atoms with Gasteiger partial charge in [0.25, 0.3) is 0 Å². The van der Waals surface area contributed by atoms with Crippen molar-refractivity contribution in [3.05, 3.63) is 24.5 Å². The molecule has 0 radical (unpaired) electrons. The predicted octanol–water partition coefficient (Wildman–Crippen LogP) is 15.5. The maximum atomic E-state index is 12.7. The number of quaternary nitrogens is 1. The topological polar surface area (TPSA) is 91.3 Å². The summed E-state index contributed by atoms with van der Waals surface area (Å²) in [7, 11) is 1.65. The zero-order valence-electron chi connectivity index (χ0n) is 39.8. The summed E-state index contributed by atoms with van der Waals surface area (Å²) in [5.74, 6) is -0.333. The molecule has 59 heavy (non-hydrogen) atoms. The lowest BCUT2D eigenvalue weighted by molar-refractivity contribution is -0.870. The van der Waals surface area contributed by atoms with E-state index in [1.165, 1.54) is 186 Å². The maximum absolute atomic E-state index is 12.7. The van der Waals surface area contributed by atoms with Gasteiger partial charge in [-0.25, -0.2) is 4.57 Å². The molecule has 0 aromatic rings. The number of nitrogens with zero attached hydrogens (tertiary/aromatic N) is 1. The van der Waals surface area contributed by atoms with Crippen molar-refractivity contribution >= 4 is 13.8 Å². The molecule has 0 aromatic heterocycles. The van der Waals surface area contributed by atoms with E-state index in [1.807, 2.05) is 27.2 Å². The van der Waals surface area contributed by atoms with Crippen LogP contribution < -0.4 is 0 Å². The molecule has 2 atom stereocenters. The summed E-state index contributed by atoms with van der Waals surface area (Å²) in [6.07, 6.45) is 51.7. The number of hydrogen-bond acceptors (Lipinski definition) is 6. The van der Waals surface area contributed by atoms with Crippen molar-refractivity contribution in [1.82, 2.24) is 0 Å². The molecule has 0 bridgehead atoms. The van der Waals surface area contributed by atoms with Crippen LogP contribution >= 0.6 is 7.82 Å². The van der Waals surface area contributed by atoms with E-state index in [9.17, 15) is 14.3 Å². The van der Waals surface area contributed by atoms with E-state index in [-0.39, 0.29) is 25.8 Å². The van der Waals surface area contributed by atoms with Crippen LogP contribution in [0.1, 0.15) is 239 Å². The molecule has 0 saturated heterocycles. The number of phosphoric ester groups is 1. The Morgan fingerprint density at radius 2 is 0.898 bits per heavy atom. The molecule has 0 rings (SSSR count). The highest BCUT2D eigenvalue weighted by Gasteiger charge is 2.26. The third-order valence-electron chi connectivity index (χ3n) is 11.1. The fourth-order valence-corrected chi connectivity index (χ4v) is 7.90.